The normalized spacial score (nSPS) is 11.1. The number of aromatic nitrogens is 2. The fourth-order valence-electron chi connectivity index (χ4n) is 7.42. The molecule has 0 spiro atoms. The molecule has 5 heteroatoms. The highest BCUT2D eigenvalue weighted by Crippen LogP contribution is 2.42. The van der Waals surface area contributed by atoms with Crippen LogP contribution in [-0.2, 0) is 0 Å². The van der Waals surface area contributed by atoms with E-state index in [1.165, 1.54) is 0 Å². The molecular formula is C45H25N5. The molecule has 0 aliphatic carbocycles. The van der Waals surface area contributed by atoms with Crippen LogP contribution in [-0.4, -0.2) is 9.13 Å². The Morgan fingerprint density at radius 1 is 0.480 bits per heavy atom. The first-order chi connectivity index (χ1) is 24.7. The zero-order valence-electron chi connectivity index (χ0n) is 26.7. The van der Waals surface area contributed by atoms with Gasteiger partial charge in [-0.25, -0.2) is 4.85 Å². The van der Waals surface area contributed by atoms with Gasteiger partial charge in [-0.1, -0.05) is 91.0 Å². The molecule has 0 bridgehead atoms. The van der Waals surface area contributed by atoms with E-state index in [9.17, 15) is 10.5 Å². The Hall–Kier alpha value is -7.39. The lowest BCUT2D eigenvalue weighted by molar-refractivity contribution is 1.18. The molecule has 9 rings (SSSR count). The highest BCUT2D eigenvalue weighted by Gasteiger charge is 2.20. The Bertz CT molecular complexity index is 2900. The van der Waals surface area contributed by atoms with Crippen LogP contribution in [0.1, 0.15) is 11.1 Å². The van der Waals surface area contributed by atoms with Crippen LogP contribution >= 0.6 is 0 Å². The first-order valence-electron chi connectivity index (χ1n) is 16.3. The SMILES string of the molecule is [C-]#[N+]c1cc(-n2c3ccccc3c3ccccc32)c(-c2ccccc2-c2ccc(-n3c4ccccc4c4cc(C#N)ccc43)cc2)cc1C#N. The van der Waals surface area contributed by atoms with Crippen molar-refractivity contribution in [3.05, 3.63) is 174 Å². The Morgan fingerprint density at radius 2 is 1.04 bits per heavy atom. The summed E-state index contributed by atoms with van der Waals surface area (Å²) in [5, 5.41) is 24.1. The van der Waals surface area contributed by atoms with E-state index in [0.717, 1.165) is 77.2 Å². The van der Waals surface area contributed by atoms with E-state index in [2.05, 4.69) is 98.9 Å². The van der Waals surface area contributed by atoms with Gasteiger partial charge in [0.25, 0.3) is 0 Å². The van der Waals surface area contributed by atoms with Crippen LogP contribution < -0.4 is 0 Å². The van der Waals surface area contributed by atoms with Crippen molar-refractivity contribution in [3.63, 3.8) is 0 Å². The van der Waals surface area contributed by atoms with Crippen LogP contribution in [0.3, 0.4) is 0 Å². The van der Waals surface area contributed by atoms with Gasteiger partial charge in [-0.15, -0.1) is 0 Å². The lowest BCUT2D eigenvalue weighted by Gasteiger charge is -2.18. The maximum absolute atomic E-state index is 10.2. The highest BCUT2D eigenvalue weighted by molar-refractivity contribution is 6.11. The summed E-state index contributed by atoms with van der Waals surface area (Å²) in [5.41, 5.74) is 11.2. The third-order valence-electron chi connectivity index (χ3n) is 9.63. The lowest BCUT2D eigenvalue weighted by Crippen LogP contribution is -1.99. The van der Waals surface area contributed by atoms with Gasteiger partial charge in [-0.05, 0) is 77.4 Å². The topological polar surface area (TPSA) is 61.8 Å². The van der Waals surface area contributed by atoms with Gasteiger partial charge in [-0.2, -0.15) is 10.5 Å². The predicted octanol–water partition coefficient (Wildman–Crippen LogP) is 11.5. The minimum absolute atomic E-state index is 0.322. The fraction of sp³-hybridized carbons (Fsp3) is 0. The number of nitriles is 2. The van der Waals surface area contributed by atoms with Gasteiger partial charge in [-0.3, -0.25) is 0 Å². The van der Waals surface area contributed by atoms with E-state index in [0.29, 0.717) is 16.8 Å². The molecule has 2 heterocycles. The molecular weight excluding hydrogens is 611 g/mol. The van der Waals surface area contributed by atoms with Crippen molar-refractivity contribution in [2.24, 2.45) is 0 Å². The average molecular weight is 636 g/mol. The van der Waals surface area contributed by atoms with Crippen LogP contribution in [0.2, 0.25) is 0 Å². The molecule has 7 aromatic carbocycles. The molecule has 0 saturated heterocycles. The molecule has 50 heavy (non-hydrogen) atoms. The van der Waals surface area contributed by atoms with Crippen LogP contribution in [0.15, 0.2) is 152 Å². The maximum atomic E-state index is 10.2. The number of fused-ring (bicyclic) bond motifs is 6. The minimum atomic E-state index is 0.322. The first-order valence-corrected chi connectivity index (χ1v) is 16.3. The maximum Gasteiger partial charge on any atom is 0.206 e. The number of rotatable bonds is 4. The second-order valence-electron chi connectivity index (χ2n) is 12.3. The number of hydrogen-bond acceptors (Lipinski definition) is 2. The van der Waals surface area contributed by atoms with Crippen molar-refractivity contribution in [2.75, 3.05) is 0 Å². The smallest absolute Gasteiger partial charge is 0.206 e. The van der Waals surface area contributed by atoms with Crippen molar-refractivity contribution >= 4 is 49.3 Å². The van der Waals surface area contributed by atoms with Crippen molar-refractivity contribution in [2.45, 2.75) is 0 Å². The van der Waals surface area contributed by atoms with Gasteiger partial charge in [0, 0.05) is 38.5 Å². The predicted molar refractivity (Wildman–Crippen MR) is 202 cm³/mol. The van der Waals surface area contributed by atoms with Crippen molar-refractivity contribution < 1.29 is 0 Å². The highest BCUT2D eigenvalue weighted by atomic mass is 15.0. The summed E-state index contributed by atoms with van der Waals surface area (Å²) in [6, 6.07) is 55.8. The van der Waals surface area contributed by atoms with Crippen LogP contribution in [0.4, 0.5) is 5.69 Å². The third-order valence-corrected chi connectivity index (χ3v) is 9.63. The van der Waals surface area contributed by atoms with Gasteiger partial charge in [0.05, 0.1) is 51.9 Å². The van der Waals surface area contributed by atoms with Gasteiger partial charge < -0.3 is 9.13 Å². The van der Waals surface area contributed by atoms with Crippen molar-refractivity contribution in [3.8, 4) is 45.8 Å². The molecule has 0 saturated carbocycles. The molecule has 0 N–H and O–H groups in total. The van der Waals surface area contributed by atoms with E-state index in [1.807, 2.05) is 78.9 Å². The van der Waals surface area contributed by atoms with E-state index in [1.54, 1.807) is 0 Å². The fourth-order valence-corrected chi connectivity index (χ4v) is 7.42. The third kappa shape index (κ3) is 4.31. The quantitative estimate of drug-likeness (QED) is 0.181. The monoisotopic (exact) mass is 635 g/mol. The molecule has 0 aliphatic rings. The largest absolute Gasteiger partial charge is 0.310 e. The number of benzene rings is 7. The molecule has 0 fully saturated rings. The Balaban J connectivity index is 1.25. The second kappa shape index (κ2) is 11.4. The summed E-state index contributed by atoms with van der Waals surface area (Å²) >= 11 is 0. The van der Waals surface area contributed by atoms with Crippen LogP contribution in [0.25, 0.3) is 82.1 Å². The number of nitrogens with zero attached hydrogens (tertiary/aromatic N) is 5. The molecule has 230 valence electrons. The molecule has 5 nitrogen and oxygen atoms in total. The summed E-state index contributed by atoms with van der Waals surface area (Å²) in [6.45, 7) is 7.94. The van der Waals surface area contributed by atoms with E-state index < -0.39 is 0 Å². The summed E-state index contributed by atoms with van der Waals surface area (Å²) < 4.78 is 4.46. The van der Waals surface area contributed by atoms with Crippen LogP contribution in [0.5, 0.6) is 0 Å². The molecule has 0 radical (unpaired) electrons. The lowest BCUT2D eigenvalue weighted by atomic mass is 9.92. The number of para-hydroxylation sites is 3. The zero-order valence-corrected chi connectivity index (χ0v) is 26.7. The summed E-state index contributed by atoms with van der Waals surface area (Å²) in [6.07, 6.45) is 0. The Morgan fingerprint density at radius 3 is 1.66 bits per heavy atom. The molecule has 0 unspecified atom stereocenters. The minimum Gasteiger partial charge on any atom is -0.310 e. The summed E-state index contributed by atoms with van der Waals surface area (Å²) in [7, 11) is 0. The number of hydrogen-bond donors (Lipinski definition) is 0. The van der Waals surface area contributed by atoms with E-state index >= 15 is 0 Å². The molecule has 0 atom stereocenters. The second-order valence-corrected chi connectivity index (χ2v) is 12.3. The summed E-state index contributed by atoms with van der Waals surface area (Å²) in [5.74, 6) is 0. The first kappa shape index (κ1) is 28.8. The van der Waals surface area contributed by atoms with Gasteiger partial charge in [0.15, 0.2) is 0 Å². The van der Waals surface area contributed by atoms with Crippen molar-refractivity contribution in [1.29, 1.82) is 10.5 Å². The molecule has 0 aliphatic heterocycles. The Kier molecular flexibility index (Phi) is 6.56. The molecule has 2 aromatic heterocycles. The van der Waals surface area contributed by atoms with Gasteiger partial charge in [0.1, 0.15) is 0 Å². The molecule has 9 aromatic rings. The van der Waals surface area contributed by atoms with Gasteiger partial charge in [0.2, 0.25) is 5.69 Å². The van der Waals surface area contributed by atoms with Crippen LogP contribution in [0, 0.1) is 29.2 Å². The van der Waals surface area contributed by atoms with Crippen molar-refractivity contribution in [1.82, 2.24) is 9.13 Å². The Labute approximate surface area is 288 Å². The van der Waals surface area contributed by atoms with E-state index in [4.69, 9.17) is 6.57 Å². The van der Waals surface area contributed by atoms with Gasteiger partial charge >= 0.3 is 0 Å². The molecule has 0 amide bonds. The summed E-state index contributed by atoms with van der Waals surface area (Å²) in [4.78, 5) is 3.77. The standard InChI is InChI=1S/C45H25N5/c1-48-40-26-45(50-42-16-8-4-12-35(42)36-13-5-9-17-43(36)50)39(25-31(40)28-47)34-11-3-2-10-33(34)30-19-21-32(22-20-30)49-41-15-7-6-14-37(41)38-24-29(27-46)18-23-44(38)49/h2-26H. The average Bonchev–Trinajstić information content (AvgIpc) is 3.70. The van der Waals surface area contributed by atoms with E-state index in [-0.39, 0.29) is 0 Å². The zero-order chi connectivity index (χ0) is 33.8.